The van der Waals surface area contributed by atoms with E-state index in [-0.39, 0.29) is 6.10 Å². The van der Waals surface area contributed by atoms with E-state index < -0.39 is 10.8 Å². The maximum absolute atomic E-state index is 12.1. The molecule has 1 saturated heterocycles. The van der Waals surface area contributed by atoms with Gasteiger partial charge in [0, 0.05) is 12.8 Å². The molecule has 1 aliphatic rings. The Morgan fingerprint density at radius 3 is 3.12 bits per heavy atom. The fourth-order valence-corrected chi connectivity index (χ4v) is 3.11. The monoisotopic (exact) mass is 240 g/mol. The Morgan fingerprint density at radius 1 is 1.56 bits per heavy atom. The standard InChI is InChI=1S/C11H16N2O2S/c12-10-7-13-5-4-11(10)16(14)8-9-3-1-2-6-15-9/h4-5,7,9H,1-3,6,8,12H2. The minimum Gasteiger partial charge on any atom is -0.396 e. The van der Waals surface area contributed by atoms with E-state index in [1.165, 1.54) is 6.20 Å². The van der Waals surface area contributed by atoms with Gasteiger partial charge in [-0.3, -0.25) is 9.19 Å². The van der Waals surface area contributed by atoms with Crippen molar-refractivity contribution in [3.63, 3.8) is 0 Å². The van der Waals surface area contributed by atoms with Gasteiger partial charge >= 0.3 is 0 Å². The molecule has 0 amide bonds. The Hall–Kier alpha value is -0.940. The molecule has 0 spiro atoms. The predicted molar refractivity (Wildman–Crippen MR) is 63.5 cm³/mol. The molecule has 4 nitrogen and oxygen atoms in total. The van der Waals surface area contributed by atoms with Gasteiger partial charge in [-0.2, -0.15) is 0 Å². The summed E-state index contributed by atoms with van der Waals surface area (Å²) in [6.07, 6.45) is 6.53. The van der Waals surface area contributed by atoms with Crippen LogP contribution < -0.4 is 5.73 Å². The Labute approximate surface area is 97.7 Å². The molecule has 16 heavy (non-hydrogen) atoms. The van der Waals surface area contributed by atoms with Crippen LogP contribution in [0.4, 0.5) is 5.69 Å². The molecule has 0 aliphatic carbocycles. The fraction of sp³-hybridized carbons (Fsp3) is 0.545. The summed E-state index contributed by atoms with van der Waals surface area (Å²) in [6.45, 7) is 0.785. The third-order valence-electron chi connectivity index (χ3n) is 2.67. The highest BCUT2D eigenvalue weighted by molar-refractivity contribution is 7.85. The number of pyridine rings is 1. The lowest BCUT2D eigenvalue weighted by Gasteiger charge is -2.22. The second-order valence-corrected chi connectivity index (χ2v) is 5.38. The van der Waals surface area contributed by atoms with E-state index in [0.717, 1.165) is 25.9 Å². The Bertz CT molecular complexity index is 378. The van der Waals surface area contributed by atoms with Crippen molar-refractivity contribution in [2.24, 2.45) is 0 Å². The molecule has 0 saturated carbocycles. The van der Waals surface area contributed by atoms with Crippen LogP contribution in [-0.4, -0.2) is 27.7 Å². The van der Waals surface area contributed by atoms with Crippen molar-refractivity contribution in [3.05, 3.63) is 18.5 Å². The van der Waals surface area contributed by atoms with Crippen LogP contribution in [0.5, 0.6) is 0 Å². The number of nitrogen functional groups attached to an aromatic ring is 1. The van der Waals surface area contributed by atoms with Crippen molar-refractivity contribution >= 4 is 16.5 Å². The maximum Gasteiger partial charge on any atom is 0.0693 e. The highest BCUT2D eigenvalue weighted by Crippen LogP contribution is 2.19. The van der Waals surface area contributed by atoms with Crippen LogP contribution in [-0.2, 0) is 15.5 Å². The largest absolute Gasteiger partial charge is 0.396 e. The van der Waals surface area contributed by atoms with E-state index in [0.29, 0.717) is 16.3 Å². The zero-order chi connectivity index (χ0) is 11.4. The normalized spacial score (nSPS) is 22.9. The second kappa shape index (κ2) is 5.41. The van der Waals surface area contributed by atoms with Gasteiger partial charge in [0.15, 0.2) is 0 Å². The van der Waals surface area contributed by atoms with Crippen molar-refractivity contribution < 1.29 is 8.95 Å². The molecule has 1 fully saturated rings. The molecule has 0 bridgehead atoms. The molecule has 2 N–H and O–H groups in total. The van der Waals surface area contributed by atoms with Crippen LogP contribution in [0.1, 0.15) is 19.3 Å². The van der Waals surface area contributed by atoms with E-state index in [1.807, 2.05) is 0 Å². The Balaban J connectivity index is 2.00. The first-order valence-electron chi connectivity index (χ1n) is 5.47. The van der Waals surface area contributed by atoms with Crippen LogP contribution >= 0.6 is 0 Å². The summed E-state index contributed by atoms with van der Waals surface area (Å²) in [6, 6.07) is 1.72. The number of nitrogens with two attached hydrogens (primary N) is 1. The van der Waals surface area contributed by atoms with Crippen molar-refractivity contribution in [2.45, 2.75) is 30.3 Å². The molecule has 2 rings (SSSR count). The topological polar surface area (TPSA) is 65.2 Å². The van der Waals surface area contributed by atoms with E-state index in [2.05, 4.69) is 4.98 Å². The second-order valence-electron chi connectivity index (χ2n) is 3.91. The quantitative estimate of drug-likeness (QED) is 0.866. The molecule has 1 aliphatic heterocycles. The molecule has 0 aromatic carbocycles. The average molecular weight is 240 g/mol. The SMILES string of the molecule is Nc1cnccc1S(=O)CC1CCCCO1. The zero-order valence-corrected chi connectivity index (χ0v) is 9.91. The molecule has 88 valence electrons. The van der Waals surface area contributed by atoms with Crippen molar-refractivity contribution in [2.75, 3.05) is 18.1 Å². The third kappa shape index (κ3) is 2.80. The number of nitrogens with zero attached hydrogens (tertiary/aromatic N) is 1. The van der Waals surface area contributed by atoms with Crippen LogP contribution in [0.15, 0.2) is 23.4 Å². The lowest BCUT2D eigenvalue weighted by molar-refractivity contribution is 0.0310. The average Bonchev–Trinajstić information content (AvgIpc) is 2.31. The summed E-state index contributed by atoms with van der Waals surface area (Å²) in [5.74, 6) is 0.536. The summed E-state index contributed by atoms with van der Waals surface area (Å²) in [7, 11) is -1.08. The summed E-state index contributed by atoms with van der Waals surface area (Å²) in [5.41, 5.74) is 6.23. The van der Waals surface area contributed by atoms with Gasteiger partial charge in [-0.15, -0.1) is 0 Å². The third-order valence-corrected chi connectivity index (χ3v) is 4.20. The van der Waals surface area contributed by atoms with E-state index in [4.69, 9.17) is 10.5 Å². The molecular weight excluding hydrogens is 224 g/mol. The smallest absolute Gasteiger partial charge is 0.0693 e. The van der Waals surface area contributed by atoms with E-state index in [1.54, 1.807) is 12.3 Å². The van der Waals surface area contributed by atoms with Gasteiger partial charge in [-0.1, -0.05) is 0 Å². The van der Waals surface area contributed by atoms with Crippen molar-refractivity contribution in [3.8, 4) is 0 Å². The van der Waals surface area contributed by atoms with Crippen molar-refractivity contribution in [1.82, 2.24) is 4.98 Å². The number of anilines is 1. The lowest BCUT2D eigenvalue weighted by Crippen LogP contribution is -2.25. The maximum atomic E-state index is 12.1. The first-order chi connectivity index (χ1) is 7.77. The van der Waals surface area contributed by atoms with Gasteiger partial charge in [0.1, 0.15) is 0 Å². The van der Waals surface area contributed by atoms with Gasteiger partial charge in [-0.25, -0.2) is 0 Å². The van der Waals surface area contributed by atoms with Gasteiger partial charge in [-0.05, 0) is 25.3 Å². The number of ether oxygens (including phenoxy) is 1. The number of hydrogen-bond donors (Lipinski definition) is 1. The lowest BCUT2D eigenvalue weighted by atomic mass is 10.1. The molecule has 2 unspecified atom stereocenters. The minimum absolute atomic E-state index is 0.113. The number of hydrogen-bond acceptors (Lipinski definition) is 4. The van der Waals surface area contributed by atoms with Gasteiger partial charge in [0.2, 0.25) is 0 Å². The van der Waals surface area contributed by atoms with E-state index >= 15 is 0 Å². The predicted octanol–water partition coefficient (Wildman–Crippen LogP) is 1.34. The van der Waals surface area contributed by atoms with Crippen LogP contribution in [0.25, 0.3) is 0 Å². The van der Waals surface area contributed by atoms with Crippen LogP contribution in [0, 0.1) is 0 Å². The Kier molecular flexibility index (Phi) is 3.90. The number of aromatic nitrogens is 1. The van der Waals surface area contributed by atoms with Gasteiger partial charge in [0.05, 0.1) is 39.4 Å². The molecule has 5 heteroatoms. The summed E-state index contributed by atoms with van der Waals surface area (Å²) in [5, 5.41) is 0. The highest BCUT2D eigenvalue weighted by atomic mass is 32.2. The van der Waals surface area contributed by atoms with Crippen LogP contribution in [0.2, 0.25) is 0 Å². The first-order valence-corrected chi connectivity index (χ1v) is 6.79. The molecule has 2 heterocycles. The Morgan fingerprint density at radius 2 is 2.44 bits per heavy atom. The molecular formula is C11H16N2O2S. The minimum atomic E-state index is -1.08. The van der Waals surface area contributed by atoms with Gasteiger partial charge < -0.3 is 10.5 Å². The summed E-state index contributed by atoms with van der Waals surface area (Å²) >= 11 is 0. The molecule has 1 aromatic rings. The van der Waals surface area contributed by atoms with E-state index in [9.17, 15) is 4.21 Å². The van der Waals surface area contributed by atoms with Crippen LogP contribution in [0.3, 0.4) is 0 Å². The first kappa shape index (κ1) is 11.5. The highest BCUT2D eigenvalue weighted by Gasteiger charge is 2.18. The van der Waals surface area contributed by atoms with Crippen molar-refractivity contribution in [1.29, 1.82) is 0 Å². The van der Waals surface area contributed by atoms with Gasteiger partial charge in [0.25, 0.3) is 0 Å². The molecule has 2 atom stereocenters. The summed E-state index contributed by atoms with van der Waals surface area (Å²) < 4.78 is 17.6. The molecule has 1 aromatic heterocycles. The molecule has 0 radical (unpaired) electrons. The zero-order valence-electron chi connectivity index (χ0n) is 9.09. The summed E-state index contributed by atoms with van der Waals surface area (Å²) in [4.78, 5) is 4.55. The fourth-order valence-electron chi connectivity index (χ4n) is 1.80. The number of rotatable bonds is 3.